The third kappa shape index (κ3) is 9.91. The molecule has 0 saturated carbocycles. The Kier molecular flexibility index (Phi) is 9.83. The number of rotatable bonds is 5. The zero-order valence-electron chi connectivity index (χ0n) is 7.36. The number of hydrogen-bond donors (Lipinski definition) is 0. The van der Waals surface area contributed by atoms with Gasteiger partial charge >= 0.3 is 0 Å². The van der Waals surface area contributed by atoms with Crippen molar-refractivity contribution < 1.29 is 0 Å². The Balaban J connectivity index is 2.96. The quantitative estimate of drug-likeness (QED) is 0.450. The Morgan fingerprint density at radius 2 is 1.91 bits per heavy atom. The average molecular weight is 169 g/mol. The van der Waals surface area contributed by atoms with Crippen molar-refractivity contribution in [2.24, 2.45) is 0 Å². The molecule has 1 radical (unpaired) electrons. The molecule has 1 heteroatoms. The van der Waals surface area contributed by atoms with Crippen molar-refractivity contribution in [3.8, 4) is 11.8 Å². The Morgan fingerprint density at radius 1 is 1.18 bits per heavy atom. The molecule has 0 aromatic rings. The molecule has 0 aliphatic heterocycles. The van der Waals surface area contributed by atoms with Gasteiger partial charge < -0.3 is 0 Å². The normalized spacial score (nSPS) is 8.91. The topological polar surface area (TPSA) is 0 Å². The zero-order chi connectivity index (χ0) is 8.36. The smallest absolute Gasteiger partial charge is 0.00889 e. The summed E-state index contributed by atoms with van der Waals surface area (Å²) in [5.41, 5.74) is 0. The van der Waals surface area contributed by atoms with Crippen LogP contribution in [0.1, 0.15) is 32.1 Å². The molecule has 0 spiro atoms. The van der Waals surface area contributed by atoms with Gasteiger partial charge in [0.05, 0.1) is 0 Å². The molecule has 63 valence electrons. The van der Waals surface area contributed by atoms with Gasteiger partial charge in [-0.15, -0.1) is 11.8 Å². The molecule has 0 saturated heterocycles. The van der Waals surface area contributed by atoms with Crippen molar-refractivity contribution >= 4 is 11.8 Å². The molecular formula is C10H17S. The van der Waals surface area contributed by atoms with E-state index in [1.807, 2.05) is 11.8 Å². The fourth-order valence-corrected chi connectivity index (χ4v) is 1.22. The van der Waals surface area contributed by atoms with E-state index in [-0.39, 0.29) is 0 Å². The van der Waals surface area contributed by atoms with Crippen LogP contribution in [-0.4, -0.2) is 12.0 Å². The lowest BCUT2D eigenvalue weighted by Crippen LogP contribution is -1.77. The minimum atomic E-state index is 0.942. The van der Waals surface area contributed by atoms with Crippen molar-refractivity contribution in [2.45, 2.75) is 32.1 Å². The molecule has 0 aliphatic carbocycles. The summed E-state index contributed by atoms with van der Waals surface area (Å²) in [6.45, 7) is 3.73. The second-order valence-corrected chi connectivity index (χ2v) is 3.39. The number of hydrogen-bond acceptors (Lipinski definition) is 1. The van der Waals surface area contributed by atoms with Gasteiger partial charge in [-0.1, -0.05) is 6.92 Å². The van der Waals surface area contributed by atoms with E-state index >= 15 is 0 Å². The minimum Gasteiger partial charge on any atom is -0.165 e. The molecule has 0 atom stereocenters. The molecule has 11 heavy (non-hydrogen) atoms. The molecule has 0 bridgehead atoms. The number of thioether (sulfide) groups is 1. The molecular weight excluding hydrogens is 152 g/mol. The van der Waals surface area contributed by atoms with Crippen molar-refractivity contribution in [3.63, 3.8) is 0 Å². The molecule has 0 aromatic heterocycles. The second kappa shape index (κ2) is 9.91. The Labute approximate surface area is 75.1 Å². The van der Waals surface area contributed by atoms with Crippen LogP contribution in [0.5, 0.6) is 0 Å². The van der Waals surface area contributed by atoms with Gasteiger partial charge in [-0.25, -0.2) is 0 Å². The lowest BCUT2D eigenvalue weighted by atomic mass is 10.2. The highest BCUT2D eigenvalue weighted by molar-refractivity contribution is 7.98. The van der Waals surface area contributed by atoms with Gasteiger partial charge in [0.25, 0.3) is 0 Å². The van der Waals surface area contributed by atoms with Crippen LogP contribution in [0.15, 0.2) is 0 Å². The molecule has 0 nitrogen and oxygen atoms in total. The van der Waals surface area contributed by atoms with E-state index in [9.17, 15) is 0 Å². The maximum absolute atomic E-state index is 3.73. The third-order valence-electron chi connectivity index (χ3n) is 1.33. The van der Waals surface area contributed by atoms with Crippen LogP contribution in [-0.2, 0) is 0 Å². The number of unbranched alkanes of at least 4 members (excludes halogenated alkanes) is 3. The predicted octanol–water partition coefficient (Wildman–Crippen LogP) is 3.14. The summed E-state index contributed by atoms with van der Waals surface area (Å²) in [6, 6.07) is 0. The summed E-state index contributed by atoms with van der Waals surface area (Å²) >= 11 is 1.91. The molecule has 0 unspecified atom stereocenters. The lowest BCUT2D eigenvalue weighted by molar-refractivity contribution is 0.836. The Morgan fingerprint density at radius 3 is 2.55 bits per heavy atom. The molecule has 0 fully saturated rings. The molecule has 0 aliphatic rings. The first kappa shape index (κ1) is 10.9. The molecule has 0 aromatic carbocycles. The fraction of sp³-hybridized carbons (Fsp3) is 0.700. The third-order valence-corrected chi connectivity index (χ3v) is 2.02. The molecule has 0 rings (SSSR count). The van der Waals surface area contributed by atoms with E-state index in [4.69, 9.17) is 0 Å². The zero-order valence-corrected chi connectivity index (χ0v) is 8.17. The van der Waals surface area contributed by atoms with Crippen LogP contribution in [0.4, 0.5) is 0 Å². The standard InChI is InChI=1S/C10H17S/c1-3-4-5-6-7-8-9-10-11-2/h1,3-4,7-10H2,2H3. The van der Waals surface area contributed by atoms with Crippen LogP contribution in [0, 0.1) is 18.8 Å². The maximum atomic E-state index is 3.73. The first-order valence-electron chi connectivity index (χ1n) is 4.15. The van der Waals surface area contributed by atoms with E-state index in [0.717, 1.165) is 19.3 Å². The second-order valence-electron chi connectivity index (χ2n) is 2.41. The van der Waals surface area contributed by atoms with Crippen molar-refractivity contribution in [2.75, 3.05) is 12.0 Å². The monoisotopic (exact) mass is 169 g/mol. The van der Waals surface area contributed by atoms with Gasteiger partial charge in [0.1, 0.15) is 0 Å². The SMILES string of the molecule is [CH2]CCC#CCCCCSC. The van der Waals surface area contributed by atoms with E-state index in [2.05, 4.69) is 25.0 Å². The summed E-state index contributed by atoms with van der Waals surface area (Å²) in [5, 5.41) is 0. The Hall–Kier alpha value is -0.0900. The summed E-state index contributed by atoms with van der Waals surface area (Å²) in [6.07, 6.45) is 7.68. The fourth-order valence-electron chi connectivity index (χ4n) is 0.725. The lowest BCUT2D eigenvalue weighted by Gasteiger charge is -1.91. The maximum Gasteiger partial charge on any atom is 0.00889 e. The first-order valence-corrected chi connectivity index (χ1v) is 5.55. The highest BCUT2D eigenvalue weighted by atomic mass is 32.2. The highest BCUT2D eigenvalue weighted by Gasteiger charge is 1.83. The van der Waals surface area contributed by atoms with Crippen LogP contribution in [0.3, 0.4) is 0 Å². The summed E-state index contributed by atoms with van der Waals surface area (Å²) in [4.78, 5) is 0. The van der Waals surface area contributed by atoms with Gasteiger partial charge in [0.15, 0.2) is 0 Å². The largest absolute Gasteiger partial charge is 0.165 e. The van der Waals surface area contributed by atoms with Crippen molar-refractivity contribution in [1.29, 1.82) is 0 Å². The van der Waals surface area contributed by atoms with Gasteiger partial charge in [-0.05, 0) is 31.3 Å². The highest BCUT2D eigenvalue weighted by Crippen LogP contribution is 2.01. The van der Waals surface area contributed by atoms with E-state index in [1.54, 1.807) is 0 Å². The summed E-state index contributed by atoms with van der Waals surface area (Å²) in [5.74, 6) is 7.51. The minimum absolute atomic E-state index is 0.942. The molecule has 0 amide bonds. The van der Waals surface area contributed by atoms with E-state index < -0.39 is 0 Å². The van der Waals surface area contributed by atoms with Gasteiger partial charge in [-0.2, -0.15) is 11.8 Å². The Bertz CT molecular complexity index is 119. The van der Waals surface area contributed by atoms with Crippen molar-refractivity contribution in [3.05, 3.63) is 6.92 Å². The predicted molar refractivity (Wildman–Crippen MR) is 54.6 cm³/mol. The van der Waals surface area contributed by atoms with Crippen LogP contribution in [0.25, 0.3) is 0 Å². The van der Waals surface area contributed by atoms with E-state index in [0.29, 0.717) is 0 Å². The summed E-state index contributed by atoms with van der Waals surface area (Å²) in [7, 11) is 0. The van der Waals surface area contributed by atoms with Crippen LogP contribution in [0.2, 0.25) is 0 Å². The van der Waals surface area contributed by atoms with Gasteiger partial charge in [-0.3, -0.25) is 0 Å². The van der Waals surface area contributed by atoms with Gasteiger partial charge in [0, 0.05) is 12.8 Å². The van der Waals surface area contributed by atoms with Crippen LogP contribution >= 0.6 is 11.8 Å². The first-order chi connectivity index (χ1) is 5.41. The van der Waals surface area contributed by atoms with Gasteiger partial charge in [0.2, 0.25) is 0 Å². The molecule has 0 heterocycles. The summed E-state index contributed by atoms with van der Waals surface area (Å²) < 4.78 is 0. The van der Waals surface area contributed by atoms with Crippen LogP contribution < -0.4 is 0 Å². The van der Waals surface area contributed by atoms with E-state index in [1.165, 1.54) is 18.6 Å². The average Bonchev–Trinajstić information content (AvgIpc) is 2.03. The molecule has 0 N–H and O–H groups in total. The van der Waals surface area contributed by atoms with Crippen molar-refractivity contribution in [1.82, 2.24) is 0 Å².